The number of ether oxygens (including phenoxy) is 3. The van der Waals surface area contributed by atoms with Crippen LogP contribution in [0, 0.1) is 0 Å². The summed E-state index contributed by atoms with van der Waals surface area (Å²) in [5.41, 5.74) is 0. The van der Waals surface area contributed by atoms with E-state index in [2.05, 4.69) is 8.37 Å². The normalized spacial score (nSPS) is 31.9. The van der Waals surface area contributed by atoms with E-state index in [0.29, 0.717) is 0 Å². The first-order valence-electron chi connectivity index (χ1n) is 8.83. The van der Waals surface area contributed by atoms with Crippen LogP contribution in [0.1, 0.15) is 6.42 Å². The third-order valence-corrected chi connectivity index (χ3v) is 5.91. The van der Waals surface area contributed by atoms with Crippen LogP contribution in [-0.4, -0.2) is 117 Å². The van der Waals surface area contributed by atoms with E-state index in [1.807, 2.05) is 0 Å². The van der Waals surface area contributed by atoms with Gasteiger partial charge in [-0.05, 0) is 0 Å². The summed E-state index contributed by atoms with van der Waals surface area (Å²) in [6.07, 6.45) is -14.9. The van der Waals surface area contributed by atoms with E-state index in [1.165, 1.54) is 4.72 Å². The average Bonchev–Trinajstić information content (AvgIpc) is 2.63. The molecule has 0 bridgehead atoms. The van der Waals surface area contributed by atoms with Gasteiger partial charge < -0.3 is 48.0 Å². The van der Waals surface area contributed by atoms with Crippen LogP contribution in [0.3, 0.4) is 0 Å². The van der Waals surface area contributed by atoms with Crippen molar-refractivity contribution in [1.82, 2.24) is 4.72 Å². The summed E-state index contributed by atoms with van der Waals surface area (Å²) in [7, 11) is -16.0. The van der Waals surface area contributed by atoms with Crippen molar-refractivity contribution < 1.29 is 200 Å². The first-order valence-corrected chi connectivity index (χ1v) is 12.9. The Balaban J connectivity index is -0.00000306. The molecule has 2 fully saturated rings. The molecule has 0 saturated carbocycles. The zero-order valence-corrected chi connectivity index (χ0v) is 30.8. The Morgan fingerprint density at radius 3 is 1.97 bits per heavy atom. The van der Waals surface area contributed by atoms with Gasteiger partial charge in [-0.3, -0.25) is 8.37 Å². The molecule has 2 rings (SSSR count). The molecule has 2 aliphatic heterocycles. The molecule has 0 aromatic rings. The molecule has 38 heavy (non-hydrogen) atoms. The fraction of sp³-hybridized carbons (Fsp3) is 0.917. The number of carbonyl (C=O) groups excluding carboxylic acids is 1. The predicted octanol–water partition coefficient (Wildman–Crippen LogP) is -18.9. The van der Waals surface area contributed by atoms with Crippen LogP contribution in [-0.2, 0) is 58.5 Å². The summed E-state index contributed by atoms with van der Waals surface area (Å²) in [4.78, 5) is 11.4. The van der Waals surface area contributed by atoms with Gasteiger partial charge in [0.2, 0.25) is 20.8 Å². The number of aliphatic hydroxyl groups excluding tert-OH is 2. The fourth-order valence-corrected chi connectivity index (χ4v) is 4.53. The quantitative estimate of drug-likeness (QED) is 0.112. The molecule has 0 radical (unpaired) electrons. The van der Waals surface area contributed by atoms with Gasteiger partial charge in [0.25, 0.3) is 0 Å². The molecule has 0 aromatic heterocycles. The molecule has 2 heterocycles. The minimum Gasteiger partial charge on any atom is -0.735 e. The van der Waals surface area contributed by atoms with Crippen molar-refractivity contribution in [2.45, 2.75) is 55.4 Å². The monoisotopic (exact) mass is 651 g/mol. The van der Waals surface area contributed by atoms with E-state index in [1.54, 1.807) is 0 Å². The molecule has 2 aliphatic rings. The Morgan fingerprint density at radius 2 is 1.53 bits per heavy atom. The van der Waals surface area contributed by atoms with Crippen LogP contribution in [0.4, 0.5) is 0 Å². The Kier molecular flexibility index (Phi) is 22.2. The van der Waals surface area contributed by atoms with Crippen LogP contribution in [0.2, 0.25) is 0 Å². The number of hydrogen-bond donors (Lipinski definition) is 3. The van der Waals surface area contributed by atoms with Crippen LogP contribution < -0.4 is 128 Å². The smallest absolute Gasteiger partial charge is 0.735 e. The first kappa shape index (κ1) is 45.3. The number of carbonyl (C=O) groups is 1. The molecule has 0 aliphatic carbocycles. The minimum absolute atomic E-state index is 0. The molecule has 0 spiro atoms. The average molecular weight is 651 g/mol. The van der Waals surface area contributed by atoms with Crippen molar-refractivity contribution in [3.63, 3.8) is 0 Å². The zero-order chi connectivity index (χ0) is 26.1. The fourth-order valence-electron chi connectivity index (χ4n) is 3.14. The van der Waals surface area contributed by atoms with Gasteiger partial charge in [0.05, 0.1) is 37.4 Å². The minimum atomic E-state index is -5.44. The van der Waals surface area contributed by atoms with Gasteiger partial charge in [-0.1, -0.05) is 0 Å². The number of aliphatic carboxylic acids is 1. The molecule has 0 amide bonds. The number of hydrogen-bond acceptors (Lipinski definition) is 18. The maximum atomic E-state index is 11.4. The first-order chi connectivity index (χ1) is 15.4. The van der Waals surface area contributed by atoms with Crippen LogP contribution >= 0.6 is 0 Å². The predicted molar refractivity (Wildman–Crippen MR) is 91.8 cm³/mol. The van der Waals surface area contributed by atoms with E-state index >= 15 is 0 Å². The molecule has 8 atom stereocenters. The van der Waals surface area contributed by atoms with Crippen molar-refractivity contribution >= 4 is 37.1 Å². The van der Waals surface area contributed by atoms with Gasteiger partial charge in [0.15, 0.2) is 16.6 Å². The van der Waals surface area contributed by atoms with E-state index in [4.69, 9.17) is 14.2 Å². The van der Waals surface area contributed by atoms with Gasteiger partial charge in [-0.15, -0.1) is 0 Å². The molecule has 4 unspecified atom stereocenters. The molecular weight excluding hydrogens is 634 g/mol. The van der Waals surface area contributed by atoms with Crippen molar-refractivity contribution in [3.8, 4) is 0 Å². The van der Waals surface area contributed by atoms with Gasteiger partial charge in [0, 0.05) is 6.42 Å². The number of aliphatic hydroxyl groups is 2. The molecule has 26 heteroatoms. The molecular formula is C12H17NNa4O18S3. The molecule has 2 saturated heterocycles. The number of rotatable bonds is 10. The van der Waals surface area contributed by atoms with Gasteiger partial charge in [-0.2, -0.15) is 0 Å². The topological polar surface area (TPSA) is 310 Å². The van der Waals surface area contributed by atoms with Crippen LogP contribution in [0.15, 0.2) is 0 Å². The maximum absolute atomic E-state index is 11.4. The van der Waals surface area contributed by atoms with E-state index in [0.717, 1.165) is 0 Å². The zero-order valence-electron chi connectivity index (χ0n) is 20.4. The number of nitrogens with one attached hydrogen (secondary N) is 1. The summed E-state index contributed by atoms with van der Waals surface area (Å²) >= 11 is 0. The van der Waals surface area contributed by atoms with E-state index < -0.39 is 106 Å². The van der Waals surface area contributed by atoms with Crippen molar-refractivity contribution in [3.05, 3.63) is 0 Å². The second-order valence-corrected chi connectivity index (χ2v) is 10.1. The molecule has 0 aromatic carbocycles. The van der Waals surface area contributed by atoms with Crippen LogP contribution in [0.5, 0.6) is 0 Å². The molecule has 3 N–H and O–H groups in total. The molecule has 19 nitrogen and oxygen atoms in total. The Bertz CT molecular complexity index is 1060. The number of carboxylic acids is 1. The van der Waals surface area contributed by atoms with Gasteiger partial charge in [0.1, 0.15) is 24.4 Å². The van der Waals surface area contributed by atoms with E-state index in [-0.39, 0.29) is 118 Å². The third-order valence-electron chi connectivity index (χ3n) is 4.44. The Morgan fingerprint density at radius 1 is 0.974 bits per heavy atom. The molecule has 200 valence electrons. The Hall–Kier alpha value is 2.88. The number of carboxylic acid groups (broad SMARTS) is 1. The van der Waals surface area contributed by atoms with Crippen molar-refractivity contribution in [1.29, 1.82) is 0 Å². The van der Waals surface area contributed by atoms with Crippen molar-refractivity contribution in [2.75, 3.05) is 13.2 Å². The second kappa shape index (κ2) is 18.6. The summed E-state index contributed by atoms with van der Waals surface area (Å²) in [5.74, 6) is -2.04. The standard InChI is InChI=1S/C12H21NO18S3.4Na/c14-5-1-4(2-28-33(21,22)23)29-12(7(5)13-32(18,19)20)30-9-8(15)6(31-34(24,25)26)3-27-10(9)11(16)17;;;;/h4-10,12-15H,1-3H2,(H,16,17)(H,18,19,20)(H,21,22,23)(H,24,25,26);;;;/q;4*+1/p-4/t4?,5-,6?,7?,8+,9+,10?,12-;;;;/m1..../s1. The maximum Gasteiger partial charge on any atom is 1.00 e. The largest absolute Gasteiger partial charge is 1.00 e. The second-order valence-electron chi connectivity index (χ2n) is 6.93. The third kappa shape index (κ3) is 15.6. The van der Waals surface area contributed by atoms with E-state index in [9.17, 15) is 59.0 Å². The van der Waals surface area contributed by atoms with Crippen LogP contribution in [0.25, 0.3) is 0 Å². The van der Waals surface area contributed by atoms with Gasteiger partial charge >= 0.3 is 118 Å². The summed E-state index contributed by atoms with van der Waals surface area (Å²) < 4.78 is 122. The summed E-state index contributed by atoms with van der Waals surface area (Å²) in [6, 6.07) is -2.00. The Labute approximate surface area is 305 Å². The van der Waals surface area contributed by atoms with Gasteiger partial charge in [-0.25, -0.2) is 30.0 Å². The summed E-state index contributed by atoms with van der Waals surface area (Å²) in [6.45, 7) is -1.99. The SMILES string of the molecule is O=C([O-])C1OCC(OS(=O)(=O)[O-])[C@H](O)[C@@H]1O[C@H]1OC(COS(=O)(=O)[O-])C[C@@H](O)C1NS(=O)(=O)[O-].[Na+].[Na+].[Na+].[Na+]. The van der Waals surface area contributed by atoms with Crippen molar-refractivity contribution in [2.24, 2.45) is 0 Å². The summed E-state index contributed by atoms with van der Waals surface area (Å²) in [5, 5.41) is 31.9.